The Labute approximate surface area is 160 Å². The van der Waals surface area contributed by atoms with Crippen molar-refractivity contribution in [3.05, 3.63) is 77.9 Å². The fraction of sp³-hybridized carbons (Fsp3) is 0.261. The van der Waals surface area contributed by atoms with E-state index < -0.39 is 0 Å². The number of nitrogens with one attached hydrogen (secondary N) is 1. The molecule has 3 aromatic rings. The summed E-state index contributed by atoms with van der Waals surface area (Å²) in [5.74, 6) is 0.873. The molecule has 3 aromatic carbocycles. The summed E-state index contributed by atoms with van der Waals surface area (Å²) < 4.78 is 5.19. The van der Waals surface area contributed by atoms with Crippen LogP contribution in [0.2, 0.25) is 0 Å². The lowest BCUT2D eigenvalue weighted by Gasteiger charge is -2.30. The molecule has 4 heteroatoms. The van der Waals surface area contributed by atoms with E-state index in [-0.39, 0.29) is 0 Å². The number of quaternary nitrogens is 1. The van der Waals surface area contributed by atoms with Crippen molar-refractivity contribution in [2.75, 3.05) is 33.3 Å². The van der Waals surface area contributed by atoms with E-state index in [1.54, 1.807) is 12.0 Å². The minimum atomic E-state index is 0.873. The quantitative estimate of drug-likeness (QED) is 0.709. The minimum Gasteiger partial charge on any atom is -0.497 e. The molecule has 0 unspecified atom stereocenters. The number of methoxy groups -OCH3 is 1. The first-order valence-corrected chi connectivity index (χ1v) is 9.55. The van der Waals surface area contributed by atoms with Gasteiger partial charge < -0.3 is 9.64 Å². The normalized spacial score (nSPS) is 15.5. The monoisotopic (exact) mass is 360 g/mol. The molecular weight excluding hydrogens is 334 g/mol. The SMILES string of the molecule is COc1ccc(C=NN2CC[NH+](Cc3cccc4ccccc34)CC2)cc1. The summed E-state index contributed by atoms with van der Waals surface area (Å²) in [7, 11) is 1.68. The number of hydrogen-bond donors (Lipinski definition) is 1. The van der Waals surface area contributed by atoms with Crippen LogP contribution in [-0.4, -0.2) is 44.5 Å². The summed E-state index contributed by atoms with van der Waals surface area (Å²) in [4.78, 5) is 1.63. The Morgan fingerprint density at radius 1 is 0.963 bits per heavy atom. The summed E-state index contributed by atoms with van der Waals surface area (Å²) in [6, 6.07) is 23.3. The van der Waals surface area contributed by atoms with Gasteiger partial charge in [-0.25, -0.2) is 0 Å². The zero-order valence-electron chi connectivity index (χ0n) is 15.8. The zero-order chi connectivity index (χ0) is 18.5. The molecular formula is C23H26N3O+. The molecule has 1 aliphatic heterocycles. The number of fused-ring (bicyclic) bond motifs is 1. The summed E-state index contributed by atoms with van der Waals surface area (Å²) >= 11 is 0. The van der Waals surface area contributed by atoms with E-state index in [1.807, 2.05) is 30.5 Å². The molecule has 0 atom stereocenters. The van der Waals surface area contributed by atoms with Crippen molar-refractivity contribution in [3.63, 3.8) is 0 Å². The van der Waals surface area contributed by atoms with Crippen LogP contribution in [0.1, 0.15) is 11.1 Å². The third-order valence-electron chi connectivity index (χ3n) is 5.25. The van der Waals surface area contributed by atoms with Gasteiger partial charge in [-0.3, -0.25) is 5.01 Å². The van der Waals surface area contributed by atoms with Gasteiger partial charge in [0.25, 0.3) is 0 Å². The highest BCUT2D eigenvalue weighted by molar-refractivity contribution is 5.85. The molecule has 4 rings (SSSR count). The predicted octanol–water partition coefficient (Wildman–Crippen LogP) is 2.58. The van der Waals surface area contributed by atoms with Crippen molar-refractivity contribution in [1.82, 2.24) is 5.01 Å². The molecule has 0 aliphatic carbocycles. The van der Waals surface area contributed by atoms with Crippen LogP contribution in [0.15, 0.2) is 71.8 Å². The molecule has 1 heterocycles. The number of nitrogens with zero attached hydrogens (tertiary/aromatic N) is 2. The average molecular weight is 360 g/mol. The smallest absolute Gasteiger partial charge is 0.118 e. The van der Waals surface area contributed by atoms with Crippen molar-refractivity contribution in [2.24, 2.45) is 5.10 Å². The van der Waals surface area contributed by atoms with E-state index in [1.165, 1.54) is 16.3 Å². The van der Waals surface area contributed by atoms with Gasteiger partial charge in [0.1, 0.15) is 12.3 Å². The number of benzene rings is 3. The molecule has 0 saturated carbocycles. The van der Waals surface area contributed by atoms with Gasteiger partial charge in [0.2, 0.25) is 0 Å². The Kier molecular flexibility index (Phi) is 5.35. The average Bonchev–Trinajstić information content (AvgIpc) is 2.74. The van der Waals surface area contributed by atoms with Crippen LogP contribution >= 0.6 is 0 Å². The van der Waals surface area contributed by atoms with Crippen LogP contribution in [0.5, 0.6) is 5.75 Å². The van der Waals surface area contributed by atoms with Crippen LogP contribution in [-0.2, 0) is 6.54 Å². The third-order valence-corrected chi connectivity index (χ3v) is 5.25. The molecule has 138 valence electrons. The second kappa shape index (κ2) is 8.23. The number of hydrazone groups is 1. The first-order chi connectivity index (χ1) is 13.3. The first kappa shape index (κ1) is 17.6. The topological polar surface area (TPSA) is 29.3 Å². The second-order valence-corrected chi connectivity index (χ2v) is 7.04. The van der Waals surface area contributed by atoms with Gasteiger partial charge >= 0.3 is 0 Å². The lowest BCUT2D eigenvalue weighted by atomic mass is 10.0. The second-order valence-electron chi connectivity index (χ2n) is 7.04. The van der Waals surface area contributed by atoms with Gasteiger partial charge in [-0.05, 0) is 40.6 Å². The third kappa shape index (κ3) is 4.29. The van der Waals surface area contributed by atoms with Gasteiger partial charge in [0.15, 0.2) is 0 Å². The molecule has 1 saturated heterocycles. The maximum absolute atomic E-state index is 5.19. The summed E-state index contributed by atoms with van der Waals surface area (Å²) in [5, 5.41) is 9.54. The van der Waals surface area contributed by atoms with Gasteiger partial charge in [0, 0.05) is 5.56 Å². The van der Waals surface area contributed by atoms with E-state index in [0.717, 1.165) is 44.0 Å². The fourth-order valence-electron chi connectivity index (χ4n) is 3.66. The highest BCUT2D eigenvalue weighted by Gasteiger charge is 2.19. The van der Waals surface area contributed by atoms with E-state index in [2.05, 4.69) is 52.6 Å². The van der Waals surface area contributed by atoms with Crippen molar-refractivity contribution in [1.29, 1.82) is 0 Å². The maximum atomic E-state index is 5.19. The summed E-state index contributed by atoms with van der Waals surface area (Å²) in [6.07, 6.45) is 1.94. The fourth-order valence-corrected chi connectivity index (χ4v) is 3.66. The Hall–Kier alpha value is -2.85. The molecule has 0 spiro atoms. The van der Waals surface area contributed by atoms with Gasteiger partial charge in [-0.1, -0.05) is 42.5 Å². The molecule has 0 radical (unpaired) electrons. The van der Waals surface area contributed by atoms with Crippen molar-refractivity contribution >= 4 is 17.0 Å². The molecule has 0 bridgehead atoms. The van der Waals surface area contributed by atoms with Crippen LogP contribution in [0.4, 0.5) is 0 Å². The molecule has 1 aliphatic rings. The molecule has 27 heavy (non-hydrogen) atoms. The van der Waals surface area contributed by atoms with Crippen molar-refractivity contribution in [2.45, 2.75) is 6.54 Å². The Bertz CT molecular complexity index is 907. The van der Waals surface area contributed by atoms with Crippen LogP contribution in [0.25, 0.3) is 10.8 Å². The Morgan fingerprint density at radius 2 is 1.70 bits per heavy atom. The van der Waals surface area contributed by atoms with Crippen LogP contribution in [0.3, 0.4) is 0 Å². The first-order valence-electron chi connectivity index (χ1n) is 9.55. The number of ether oxygens (including phenoxy) is 1. The number of rotatable bonds is 5. The Morgan fingerprint density at radius 3 is 2.48 bits per heavy atom. The molecule has 4 nitrogen and oxygen atoms in total. The lowest BCUT2D eigenvalue weighted by molar-refractivity contribution is -0.918. The molecule has 1 N–H and O–H groups in total. The maximum Gasteiger partial charge on any atom is 0.118 e. The van der Waals surface area contributed by atoms with Crippen LogP contribution < -0.4 is 9.64 Å². The van der Waals surface area contributed by atoms with Gasteiger partial charge in [-0.2, -0.15) is 5.10 Å². The van der Waals surface area contributed by atoms with Gasteiger partial charge in [0.05, 0.1) is 39.5 Å². The highest BCUT2D eigenvalue weighted by Crippen LogP contribution is 2.17. The summed E-state index contributed by atoms with van der Waals surface area (Å²) in [5.41, 5.74) is 2.54. The van der Waals surface area contributed by atoms with Crippen LogP contribution in [0, 0.1) is 0 Å². The highest BCUT2D eigenvalue weighted by atomic mass is 16.5. The predicted molar refractivity (Wildman–Crippen MR) is 111 cm³/mol. The number of hydrogen-bond acceptors (Lipinski definition) is 3. The van der Waals surface area contributed by atoms with E-state index in [0.29, 0.717) is 0 Å². The number of piperazine rings is 1. The Balaban J connectivity index is 1.34. The molecule has 1 fully saturated rings. The van der Waals surface area contributed by atoms with E-state index in [4.69, 9.17) is 4.74 Å². The summed E-state index contributed by atoms with van der Waals surface area (Å²) in [6.45, 7) is 5.29. The van der Waals surface area contributed by atoms with Crippen molar-refractivity contribution < 1.29 is 9.64 Å². The lowest BCUT2D eigenvalue weighted by Crippen LogP contribution is -3.13. The largest absolute Gasteiger partial charge is 0.497 e. The zero-order valence-corrected chi connectivity index (χ0v) is 15.8. The van der Waals surface area contributed by atoms with Gasteiger partial charge in [-0.15, -0.1) is 0 Å². The van der Waals surface area contributed by atoms with Crippen molar-refractivity contribution in [3.8, 4) is 5.75 Å². The molecule has 0 aromatic heterocycles. The van der Waals surface area contributed by atoms with E-state index in [9.17, 15) is 0 Å². The van der Waals surface area contributed by atoms with E-state index >= 15 is 0 Å². The minimum absolute atomic E-state index is 0.873. The standard InChI is InChI=1S/C23H25N3O/c1-27-22-11-9-19(10-12-22)17-24-26-15-13-25(14-16-26)18-21-7-4-6-20-5-2-3-8-23(20)21/h2-12,17H,13-16,18H2,1H3/p+1. The molecule has 0 amide bonds.